The van der Waals surface area contributed by atoms with E-state index in [1.807, 2.05) is 0 Å². The predicted octanol–water partition coefficient (Wildman–Crippen LogP) is 2.12. The van der Waals surface area contributed by atoms with E-state index in [0.717, 1.165) is 18.2 Å². The van der Waals surface area contributed by atoms with E-state index >= 15 is 0 Å². The van der Waals surface area contributed by atoms with Crippen LogP contribution in [0.2, 0.25) is 0 Å². The van der Waals surface area contributed by atoms with Gasteiger partial charge in [-0.2, -0.15) is 0 Å². The fourth-order valence-corrected chi connectivity index (χ4v) is 1.52. The summed E-state index contributed by atoms with van der Waals surface area (Å²) in [6.07, 6.45) is 1.12. The van der Waals surface area contributed by atoms with Crippen LogP contribution in [-0.4, -0.2) is 10.9 Å². The molecule has 0 aliphatic rings. The van der Waals surface area contributed by atoms with Crippen LogP contribution in [0.3, 0.4) is 0 Å². The van der Waals surface area contributed by atoms with Crippen LogP contribution in [-0.2, 0) is 11.2 Å². The van der Waals surface area contributed by atoms with Crippen LogP contribution in [0.4, 0.5) is 20.3 Å². The summed E-state index contributed by atoms with van der Waals surface area (Å²) < 4.78 is 26.3. The van der Waals surface area contributed by atoms with Gasteiger partial charge < -0.3 is 11.1 Å². The van der Waals surface area contributed by atoms with Crippen LogP contribution in [0.1, 0.15) is 5.56 Å². The Morgan fingerprint density at radius 1 is 1.26 bits per heavy atom. The molecule has 1 heterocycles. The number of anilines is 2. The lowest BCUT2D eigenvalue weighted by Gasteiger charge is -2.05. The van der Waals surface area contributed by atoms with Crippen molar-refractivity contribution in [2.24, 2.45) is 0 Å². The third-order valence-corrected chi connectivity index (χ3v) is 2.41. The molecule has 0 spiro atoms. The largest absolute Gasteiger partial charge is 0.397 e. The number of nitrogen functional groups attached to an aromatic ring is 1. The molecule has 1 aromatic heterocycles. The Bertz CT molecular complexity index is 599. The number of nitrogens with zero attached hydrogens (tertiary/aromatic N) is 1. The Balaban J connectivity index is 2.05. The summed E-state index contributed by atoms with van der Waals surface area (Å²) in [7, 11) is 0. The molecule has 0 bridgehead atoms. The molecule has 19 heavy (non-hydrogen) atoms. The highest BCUT2D eigenvalue weighted by Gasteiger charge is 2.10. The number of hydrogen-bond donors (Lipinski definition) is 2. The Morgan fingerprint density at radius 3 is 2.74 bits per heavy atom. The first kappa shape index (κ1) is 12.9. The van der Waals surface area contributed by atoms with E-state index in [1.54, 1.807) is 6.07 Å². The highest BCUT2D eigenvalue weighted by atomic mass is 19.1. The van der Waals surface area contributed by atoms with E-state index in [1.165, 1.54) is 12.3 Å². The number of nitrogens with one attached hydrogen (secondary N) is 1. The highest BCUT2D eigenvalue weighted by molar-refractivity contribution is 5.91. The Kier molecular flexibility index (Phi) is 3.70. The summed E-state index contributed by atoms with van der Waals surface area (Å²) >= 11 is 0. The summed E-state index contributed by atoms with van der Waals surface area (Å²) in [5.41, 5.74) is 5.91. The summed E-state index contributed by atoms with van der Waals surface area (Å²) in [4.78, 5) is 15.5. The molecular weight excluding hydrogens is 252 g/mol. The van der Waals surface area contributed by atoms with E-state index in [-0.39, 0.29) is 12.0 Å². The number of nitrogens with two attached hydrogens (primary N) is 1. The van der Waals surface area contributed by atoms with Crippen molar-refractivity contribution in [1.29, 1.82) is 0 Å². The zero-order valence-electron chi connectivity index (χ0n) is 9.86. The number of aromatic nitrogens is 1. The average Bonchev–Trinajstić information content (AvgIpc) is 2.37. The fraction of sp³-hybridized carbons (Fsp3) is 0.0769. The quantitative estimate of drug-likeness (QED) is 0.891. The second-order valence-corrected chi connectivity index (χ2v) is 3.94. The lowest BCUT2D eigenvalue weighted by Crippen LogP contribution is -2.16. The molecule has 3 N–H and O–H groups in total. The standard InChI is InChI=1S/C13H11F2N3O/c14-9-1-3-11(15)8(5-9)6-13(19)18-12-4-2-10(16)7-17-12/h1-5,7H,6,16H2,(H,17,18,19). The molecule has 2 rings (SSSR count). The molecule has 4 nitrogen and oxygen atoms in total. The maximum atomic E-state index is 13.3. The van der Waals surface area contributed by atoms with Gasteiger partial charge in [-0.15, -0.1) is 0 Å². The minimum atomic E-state index is -0.623. The maximum absolute atomic E-state index is 13.3. The van der Waals surface area contributed by atoms with E-state index in [4.69, 9.17) is 5.73 Å². The van der Waals surface area contributed by atoms with Crippen molar-refractivity contribution >= 4 is 17.4 Å². The van der Waals surface area contributed by atoms with E-state index < -0.39 is 17.5 Å². The van der Waals surface area contributed by atoms with Crippen molar-refractivity contribution in [3.8, 4) is 0 Å². The molecule has 0 aliphatic carbocycles. The average molecular weight is 263 g/mol. The Morgan fingerprint density at radius 2 is 2.05 bits per heavy atom. The van der Waals surface area contributed by atoms with E-state index in [0.29, 0.717) is 11.5 Å². The van der Waals surface area contributed by atoms with Crippen LogP contribution in [0.5, 0.6) is 0 Å². The number of benzene rings is 1. The zero-order valence-corrected chi connectivity index (χ0v) is 9.86. The number of hydrogen-bond acceptors (Lipinski definition) is 3. The maximum Gasteiger partial charge on any atom is 0.230 e. The van der Waals surface area contributed by atoms with E-state index in [9.17, 15) is 13.6 Å². The van der Waals surface area contributed by atoms with Crippen LogP contribution in [0, 0.1) is 11.6 Å². The highest BCUT2D eigenvalue weighted by Crippen LogP contribution is 2.12. The summed E-state index contributed by atoms with van der Waals surface area (Å²) in [5, 5.41) is 2.47. The molecule has 6 heteroatoms. The minimum absolute atomic E-state index is 0.00653. The van der Waals surface area contributed by atoms with Gasteiger partial charge in [0.2, 0.25) is 5.91 Å². The lowest BCUT2D eigenvalue weighted by molar-refractivity contribution is -0.115. The third kappa shape index (κ3) is 3.48. The van der Waals surface area contributed by atoms with Crippen LogP contribution >= 0.6 is 0 Å². The van der Waals surface area contributed by atoms with Crippen molar-refractivity contribution in [1.82, 2.24) is 4.98 Å². The second-order valence-electron chi connectivity index (χ2n) is 3.94. The predicted molar refractivity (Wildman–Crippen MR) is 67.3 cm³/mol. The Hall–Kier alpha value is -2.50. The van der Waals surface area contributed by atoms with Gasteiger partial charge in [0, 0.05) is 5.56 Å². The molecule has 0 fully saturated rings. The van der Waals surface area contributed by atoms with Crippen molar-refractivity contribution < 1.29 is 13.6 Å². The first-order chi connectivity index (χ1) is 9.04. The number of pyridine rings is 1. The molecule has 0 atom stereocenters. The van der Waals surface area contributed by atoms with Crippen molar-refractivity contribution in [2.45, 2.75) is 6.42 Å². The number of carbonyl (C=O) groups excluding carboxylic acids is 1. The first-order valence-corrected chi connectivity index (χ1v) is 5.50. The lowest BCUT2D eigenvalue weighted by atomic mass is 10.1. The molecule has 1 aromatic carbocycles. The molecule has 0 aliphatic heterocycles. The van der Waals surface area contributed by atoms with Gasteiger partial charge in [-0.1, -0.05) is 0 Å². The van der Waals surface area contributed by atoms with Gasteiger partial charge in [0.1, 0.15) is 17.5 Å². The Labute approximate surface area is 108 Å². The van der Waals surface area contributed by atoms with Gasteiger partial charge >= 0.3 is 0 Å². The molecule has 1 amide bonds. The monoisotopic (exact) mass is 263 g/mol. The molecule has 0 saturated heterocycles. The molecule has 0 unspecified atom stereocenters. The third-order valence-electron chi connectivity index (χ3n) is 2.41. The fourth-order valence-electron chi connectivity index (χ4n) is 1.52. The zero-order chi connectivity index (χ0) is 13.8. The summed E-state index contributed by atoms with van der Waals surface area (Å²) in [6, 6.07) is 6.07. The number of halogens is 2. The van der Waals surface area contributed by atoms with Gasteiger partial charge in [0.15, 0.2) is 0 Å². The van der Waals surface area contributed by atoms with Crippen LogP contribution in [0.15, 0.2) is 36.5 Å². The van der Waals surface area contributed by atoms with Crippen LogP contribution in [0.25, 0.3) is 0 Å². The molecular formula is C13H11F2N3O. The number of carbonyl (C=O) groups is 1. The van der Waals surface area contributed by atoms with Gasteiger partial charge in [-0.25, -0.2) is 13.8 Å². The topological polar surface area (TPSA) is 68.0 Å². The van der Waals surface area contributed by atoms with E-state index in [2.05, 4.69) is 10.3 Å². The van der Waals surface area contributed by atoms with Gasteiger partial charge in [0.05, 0.1) is 18.3 Å². The van der Waals surface area contributed by atoms with Crippen molar-refractivity contribution in [3.63, 3.8) is 0 Å². The van der Waals surface area contributed by atoms with Gasteiger partial charge in [-0.3, -0.25) is 4.79 Å². The normalized spacial score (nSPS) is 10.2. The minimum Gasteiger partial charge on any atom is -0.397 e. The van der Waals surface area contributed by atoms with Gasteiger partial charge in [0.25, 0.3) is 0 Å². The van der Waals surface area contributed by atoms with Crippen molar-refractivity contribution in [3.05, 3.63) is 53.7 Å². The number of rotatable bonds is 3. The second kappa shape index (κ2) is 5.43. The number of amides is 1. The van der Waals surface area contributed by atoms with Gasteiger partial charge in [-0.05, 0) is 30.3 Å². The molecule has 98 valence electrons. The molecule has 2 aromatic rings. The molecule has 0 radical (unpaired) electrons. The van der Waals surface area contributed by atoms with Crippen molar-refractivity contribution in [2.75, 3.05) is 11.1 Å². The smallest absolute Gasteiger partial charge is 0.230 e. The summed E-state index contributed by atoms with van der Waals surface area (Å²) in [6.45, 7) is 0. The summed E-state index contributed by atoms with van der Waals surface area (Å²) in [5.74, 6) is -1.39. The first-order valence-electron chi connectivity index (χ1n) is 5.50. The SMILES string of the molecule is Nc1ccc(NC(=O)Cc2cc(F)ccc2F)nc1. The molecule has 0 saturated carbocycles. The van der Waals surface area contributed by atoms with Crippen LogP contribution < -0.4 is 11.1 Å².